The van der Waals surface area contributed by atoms with E-state index in [0.717, 1.165) is 5.69 Å². The predicted octanol–water partition coefficient (Wildman–Crippen LogP) is 2.30. The maximum absolute atomic E-state index is 12.5. The number of pyridine rings is 1. The third-order valence-corrected chi connectivity index (χ3v) is 4.84. The van der Waals surface area contributed by atoms with E-state index in [1.807, 2.05) is 6.92 Å². The zero-order valence-corrected chi connectivity index (χ0v) is 13.0. The van der Waals surface area contributed by atoms with Crippen molar-refractivity contribution in [2.75, 3.05) is 4.72 Å². The Morgan fingerprint density at radius 3 is 2.48 bits per heavy atom. The molecule has 1 aromatic carbocycles. The summed E-state index contributed by atoms with van der Waals surface area (Å²) in [7, 11) is -3.71. The van der Waals surface area contributed by atoms with Crippen molar-refractivity contribution < 1.29 is 13.5 Å². The van der Waals surface area contributed by atoms with Gasteiger partial charge >= 0.3 is 0 Å². The summed E-state index contributed by atoms with van der Waals surface area (Å²) in [6.07, 6.45) is 0. The number of hydrogen-bond donors (Lipinski definition) is 2. The molecule has 1 aromatic heterocycles. The first-order chi connectivity index (χ1) is 9.85. The van der Waals surface area contributed by atoms with Gasteiger partial charge in [0.05, 0.1) is 22.9 Å². The number of anilines is 1. The van der Waals surface area contributed by atoms with Crippen molar-refractivity contribution in [1.82, 2.24) is 4.98 Å². The zero-order chi connectivity index (χ0) is 15.6. The van der Waals surface area contributed by atoms with E-state index in [-0.39, 0.29) is 11.5 Å². The summed E-state index contributed by atoms with van der Waals surface area (Å²) in [6.45, 7) is 5.09. The second-order valence-corrected chi connectivity index (χ2v) is 6.54. The quantitative estimate of drug-likeness (QED) is 0.908. The van der Waals surface area contributed by atoms with Gasteiger partial charge in [-0.1, -0.05) is 12.1 Å². The van der Waals surface area contributed by atoms with Crippen LogP contribution in [0.3, 0.4) is 0 Å². The lowest BCUT2D eigenvalue weighted by atomic mass is 10.1. The molecular weight excluding hydrogens is 288 g/mol. The van der Waals surface area contributed by atoms with Gasteiger partial charge in [0.25, 0.3) is 10.0 Å². The standard InChI is InChI=1S/C15H18N2O3S/c1-10-7-8-14(12(3)16-10)17-21(19,20)15-6-4-5-13(9-18)11(15)2/h4-8,17-18H,9H2,1-3H3. The van der Waals surface area contributed by atoms with Gasteiger partial charge in [-0.15, -0.1) is 0 Å². The van der Waals surface area contributed by atoms with Crippen molar-refractivity contribution in [3.8, 4) is 0 Å². The summed E-state index contributed by atoms with van der Waals surface area (Å²) in [5, 5.41) is 9.25. The molecule has 0 saturated heterocycles. The number of hydrogen-bond acceptors (Lipinski definition) is 4. The maximum Gasteiger partial charge on any atom is 0.262 e. The molecule has 0 spiro atoms. The number of aromatic nitrogens is 1. The van der Waals surface area contributed by atoms with Crippen LogP contribution in [-0.4, -0.2) is 18.5 Å². The Morgan fingerprint density at radius 2 is 1.86 bits per heavy atom. The van der Waals surface area contributed by atoms with Crippen LogP contribution in [0, 0.1) is 20.8 Å². The summed E-state index contributed by atoms with van der Waals surface area (Å²) in [5.74, 6) is 0. The Hall–Kier alpha value is -1.92. The molecule has 2 rings (SSSR count). The van der Waals surface area contributed by atoms with Gasteiger partial charge in [0.15, 0.2) is 0 Å². The molecule has 6 heteroatoms. The zero-order valence-electron chi connectivity index (χ0n) is 12.2. The molecular formula is C15H18N2O3S. The molecule has 0 aliphatic rings. The van der Waals surface area contributed by atoms with E-state index in [2.05, 4.69) is 9.71 Å². The SMILES string of the molecule is Cc1ccc(NS(=O)(=O)c2cccc(CO)c2C)c(C)n1. The lowest BCUT2D eigenvalue weighted by molar-refractivity contribution is 0.280. The van der Waals surface area contributed by atoms with Crippen LogP contribution in [0.5, 0.6) is 0 Å². The second-order valence-electron chi connectivity index (χ2n) is 4.89. The third kappa shape index (κ3) is 3.22. The molecule has 0 fully saturated rings. The molecule has 5 nitrogen and oxygen atoms in total. The monoisotopic (exact) mass is 306 g/mol. The van der Waals surface area contributed by atoms with Crippen LogP contribution in [0.25, 0.3) is 0 Å². The number of benzene rings is 1. The molecule has 0 unspecified atom stereocenters. The number of aryl methyl sites for hydroxylation is 2. The van der Waals surface area contributed by atoms with Gasteiger partial charge < -0.3 is 5.11 Å². The van der Waals surface area contributed by atoms with Crippen LogP contribution in [0.15, 0.2) is 35.2 Å². The van der Waals surface area contributed by atoms with Gasteiger partial charge in [-0.3, -0.25) is 9.71 Å². The molecule has 112 valence electrons. The van der Waals surface area contributed by atoms with Crippen molar-refractivity contribution in [1.29, 1.82) is 0 Å². The second kappa shape index (κ2) is 5.83. The number of aliphatic hydroxyl groups excluding tert-OH is 1. The first kappa shape index (κ1) is 15.5. The molecule has 0 radical (unpaired) electrons. The summed E-state index contributed by atoms with van der Waals surface area (Å²) in [5.41, 5.74) is 3.04. The van der Waals surface area contributed by atoms with Crippen LogP contribution < -0.4 is 4.72 Å². The Morgan fingerprint density at radius 1 is 1.14 bits per heavy atom. The topological polar surface area (TPSA) is 79.3 Å². The molecule has 2 aromatic rings. The first-order valence-electron chi connectivity index (χ1n) is 6.51. The third-order valence-electron chi connectivity index (χ3n) is 3.33. The van der Waals surface area contributed by atoms with E-state index < -0.39 is 10.0 Å². The number of sulfonamides is 1. The van der Waals surface area contributed by atoms with Gasteiger partial charge in [0.1, 0.15) is 0 Å². The highest BCUT2D eigenvalue weighted by atomic mass is 32.2. The molecule has 0 atom stereocenters. The lowest BCUT2D eigenvalue weighted by Crippen LogP contribution is -2.16. The predicted molar refractivity (Wildman–Crippen MR) is 81.6 cm³/mol. The van der Waals surface area contributed by atoms with Crippen molar-refractivity contribution in [2.24, 2.45) is 0 Å². The van der Waals surface area contributed by atoms with Crippen molar-refractivity contribution in [3.05, 3.63) is 52.8 Å². The fraction of sp³-hybridized carbons (Fsp3) is 0.267. The van der Waals surface area contributed by atoms with Crippen LogP contribution in [0.1, 0.15) is 22.5 Å². The molecule has 0 amide bonds. The lowest BCUT2D eigenvalue weighted by Gasteiger charge is -2.13. The fourth-order valence-electron chi connectivity index (χ4n) is 2.12. The largest absolute Gasteiger partial charge is 0.392 e. The van der Waals surface area contributed by atoms with Gasteiger partial charge in [-0.05, 0) is 50.1 Å². The van der Waals surface area contributed by atoms with E-state index in [0.29, 0.717) is 22.5 Å². The van der Waals surface area contributed by atoms with Crippen LogP contribution in [0.4, 0.5) is 5.69 Å². The number of aliphatic hydroxyl groups is 1. The molecule has 0 saturated carbocycles. The Kier molecular flexibility index (Phi) is 4.29. The van der Waals surface area contributed by atoms with E-state index in [4.69, 9.17) is 0 Å². The molecule has 0 aliphatic heterocycles. The molecule has 2 N–H and O–H groups in total. The Labute approximate surface area is 124 Å². The van der Waals surface area contributed by atoms with E-state index >= 15 is 0 Å². The number of rotatable bonds is 4. The molecule has 21 heavy (non-hydrogen) atoms. The van der Waals surface area contributed by atoms with Crippen LogP contribution >= 0.6 is 0 Å². The first-order valence-corrected chi connectivity index (χ1v) is 8.00. The summed E-state index contributed by atoms with van der Waals surface area (Å²) < 4.78 is 27.6. The van der Waals surface area contributed by atoms with Crippen molar-refractivity contribution in [3.63, 3.8) is 0 Å². The minimum Gasteiger partial charge on any atom is -0.392 e. The van der Waals surface area contributed by atoms with Crippen LogP contribution in [0.2, 0.25) is 0 Å². The average molecular weight is 306 g/mol. The smallest absolute Gasteiger partial charge is 0.262 e. The fourth-order valence-corrected chi connectivity index (χ4v) is 3.52. The van der Waals surface area contributed by atoms with Crippen molar-refractivity contribution >= 4 is 15.7 Å². The maximum atomic E-state index is 12.5. The van der Waals surface area contributed by atoms with Gasteiger partial charge in [-0.2, -0.15) is 0 Å². The summed E-state index contributed by atoms with van der Waals surface area (Å²) >= 11 is 0. The number of nitrogens with zero attached hydrogens (tertiary/aromatic N) is 1. The highest BCUT2D eigenvalue weighted by Crippen LogP contribution is 2.23. The summed E-state index contributed by atoms with van der Waals surface area (Å²) in [6, 6.07) is 8.29. The van der Waals surface area contributed by atoms with Crippen molar-refractivity contribution in [2.45, 2.75) is 32.3 Å². The Bertz CT molecular complexity index is 770. The minimum absolute atomic E-state index is 0.161. The molecule has 1 heterocycles. The highest BCUT2D eigenvalue weighted by molar-refractivity contribution is 7.92. The number of nitrogens with one attached hydrogen (secondary N) is 1. The van der Waals surface area contributed by atoms with Crippen LogP contribution in [-0.2, 0) is 16.6 Å². The van der Waals surface area contributed by atoms with Gasteiger partial charge in [0.2, 0.25) is 0 Å². The van der Waals surface area contributed by atoms with E-state index in [1.165, 1.54) is 6.07 Å². The molecule has 0 bridgehead atoms. The highest BCUT2D eigenvalue weighted by Gasteiger charge is 2.19. The molecule has 0 aliphatic carbocycles. The normalized spacial score (nSPS) is 11.4. The van der Waals surface area contributed by atoms with E-state index in [1.54, 1.807) is 38.1 Å². The van der Waals surface area contributed by atoms with Gasteiger partial charge in [0, 0.05) is 5.69 Å². The van der Waals surface area contributed by atoms with Gasteiger partial charge in [-0.25, -0.2) is 8.42 Å². The summed E-state index contributed by atoms with van der Waals surface area (Å²) in [4.78, 5) is 4.40. The van der Waals surface area contributed by atoms with E-state index in [9.17, 15) is 13.5 Å². The average Bonchev–Trinajstić information content (AvgIpc) is 2.42. The minimum atomic E-state index is -3.71. The Balaban J connectivity index is 2.43.